The third-order valence-corrected chi connectivity index (χ3v) is 4.25. The maximum Gasteiger partial charge on any atom is 0.237 e. The molecule has 0 radical (unpaired) electrons. The highest BCUT2D eigenvalue weighted by Gasteiger charge is 2.29. The first kappa shape index (κ1) is 16.8. The largest absolute Gasteiger partial charge is 0.496 e. The number of hydrogen-bond acceptors (Lipinski definition) is 3. The third kappa shape index (κ3) is 3.80. The van der Waals surface area contributed by atoms with Gasteiger partial charge in [0.05, 0.1) is 19.2 Å². The van der Waals surface area contributed by atoms with Crippen molar-refractivity contribution in [1.82, 2.24) is 10.6 Å². The number of benzene rings is 1. The van der Waals surface area contributed by atoms with E-state index < -0.39 is 0 Å². The van der Waals surface area contributed by atoms with Crippen LogP contribution in [-0.4, -0.2) is 26.1 Å². The van der Waals surface area contributed by atoms with Crippen LogP contribution in [0.3, 0.4) is 0 Å². The van der Waals surface area contributed by atoms with E-state index in [1.54, 1.807) is 7.11 Å². The summed E-state index contributed by atoms with van der Waals surface area (Å²) in [6.45, 7) is 6.46. The molecule has 0 bridgehead atoms. The molecule has 1 amide bonds. The highest BCUT2D eigenvalue weighted by Crippen LogP contribution is 2.36. The molecule has 22 heavy (non-hydrogen) atoms. The van der Waals surface area contributed by atoms with Crippen LogP contribution in [0.4, 0.5) is 0 Å². The lowest BCUT2D eigenvalue weighted by atomic mass is 9.87. The number of carbonyl (C=O) groups excluding carboxylic acids is 1. The number of carbonyl (C=O) groups is 1. The van der Waals surface area contributed by atoms with Gasteiger partial charge in [0.2, 0.25) is 5.91 Å². The topological polar surface area (TPSA) is 50.4 Å². The summed E-state index contributed by atoms with van der Waals surface area (Å²) in [5.74, 6) is 1.01. The first-order valence-electron chi connectivity index (χ1n) is 7.99. The number of hydrogen-bond donors (Lipinski definition) is 2. The van der Waals surface area contributed by atoms with Crippen LogP contribution in [0.25, 0.3) is 0 Å². The van der Waals surface area contributed by atoms with Crippen LogP contribution in [0, 0.1) is 5.41 Å². The van der Waals surface area contributed by atoms with Crippen LogP contribution >= 0.6 is 0 Å². The van der Waals surface area contributed by atoms with E-state index in [1.165, 1.54) is 11.1 Å². The molecule has 0 spiro atoms. The Morgan fingerprint density at radius 3 is 2.73 bits per heavy atom. The van der Waals surface area contributed by atoms with Gasteiger partial charge in [-0.25, -0.2) is 0 Å². The molecule has 1 aromatic rings. The normalized spacial score (nSPS) is 18.7. The summed E-state index contributed by atoms with van der Waals surface area (Å²) >= 11 is 0. The second kappa shape index (κ2) is 6.69. The second-order valence-corrected chi connectivity index (χ2v) is 7.23. The molecule has 2 unspecified atom stereocenters. The smallest absolute Gasteiger partial charge is 0.237 e. The average molecular weight is 304 g/mol. The Balaban J connectivity index is 2.08. The zero-order chi connectivity index (χ0) is 16.3. The van der Waals surface area contributed by atoms with Gasteiger partial charge in [-0.15, -0.1) is 0 Å². The summed E-state index contributed by atoms with van der Waals surface area (Å²) in [6.07, 6.45) is 2.70. The molecule has 1 aromatic carbocycles. The lowest BCUT2D eigenvalue weighted by Crippen LogP contribution is -2.45. The predicted octanol–water partition coefficient (Wildman–Crippen LogP) is 2.82. The van der Waals surface area contributed by atoms with Crippen LogP contribution in [0.2, 0.25) is 0 Å². The maximum absolute atomic E-state index is 12.6. The van der Waals surface area contributed by atoms with Gasteiger partial charge in [-0.2, -0.15) is 0 Å². The van der Waals surface area contributed by atoms with E-state index >= 15 is 0 Å². The molecule has 0 heterocycles. The van der Waals surface area contributed by atoms with Crippen LogP contribution in [-0.2, 0) is 11.2 Å². The molecule has 122 valence electrons. The Morgan fingerprint density at radius 1 is 1.41 bits per heavy atom. The van der Waals surface area contributed by atoms with Gasteiger partial charge in [0.15, 0.2) is 0 Å². The van der Waals surface area contributed by atoms with Gasteiger partial charge in [-0.05, 0) is 48.9 Å². The van der Waals surface area contributed by atoms with Crippen molar-refractivity contribution in [3.63, 3.8) is 0 Å². The number of ether oxygens (including phenoxy) is 1. The number of amides is 1. The Labute approximate surface area is 133 Å². The second-order valence-electron chi connectivity index (χ2n) is 7.23. The Hall–Kier alpha value is -1.55. The minimum Gasteiger partial charge on any atom is -0.496 e. The summed E-state index contributed by atoms with van der Waals surface area (Å²) in [5.41, 5.74) is 2.53. The number of nitrogens with one attached hydrogen (secondary N) is 2. The summed E-state index contributed by atoms with van der Waals surface area (Å²) in [7, 11) is 3.55. The quantitative estimate of drug-likeness (QED) is 0.879. The molecular weight excluding hydrogens is 276 g/mol. The number of methoxy groups -OCH3 is 1. The summed E-state index contributed by atoms with van der Waals surface area (Å²) in [5, 5.41) is 6.35. The lowest BCUT2D eigenvalue weighted by Gasteiger charge is -2.26. The van der Waals surface area contributed by atoms with Crippen molar-refractivity contribution in [2.24, 2.45) is 5.41 Å². The summed E-state index contributed by atoms with van der Waals surface area (Å²) in [6, 6.07) is 6.00. The first-order chi connectivity index (χ1) is 10.4. The van der Waals surface area contributed by atoms with E-state index in [4.69, 9.17) is 4.74 Å². The van der Waals surface area contributed by atoms with E-state index in [9.17, 15) is 4.79 Å². The van der Waals surface area contributed by atoms with Gasteiger partial charge >= 0.3 is 0 Å². The van der Waals surface area contributed by atoms with Gasteiger partial charge in [0, 0.05) is 0 Å². The first-order valence-corrected chi connectivity index (χ1v) is 7.99. The number of rotatable bonds is 5. The standard InChI is InChI=1S/C18H28N2O2/c1-18(2,3)11-15(19-4)17(21)20-14-10-9-13-12(14)7-6-8-16(13)22-5/h6-8,14-15,19H,9-11H2,1-5H3,(H,20,21). The fourth-order valence-electron chi connectivity index (χ4n) is 3.17. The molecule has 4 nitrogen and oxygen atoms in total. The minimum absolute atomic E-state index is 0.0816. The predicted molar refractivity (Wildman–Crippen MR) is 89.1 cm³/mol. The molecule has 0 fully saturated rings. The molecule has 0 saturated carbocycles. The molecule has 2 rings (SSSR count). The summed E-state index contributed by atoms with van der Waals surface area (Å²) < 4.78 is 5.42. The number of fused-ring (bicyclic) bond motifs is 1. The van der Waals surface area contributed by atoms with Crippen molar-refractivity contribution in [3.05, 3.63) is 29.3 Å². The minimum atomic E-state index is -0.158. The summed E-state index contributed by atoms with van der Waals surface area (Å²) in [4.78, 5) is 12.6. The monoisotopic (exact) mass is 304 g/mol. The van der Waals surface area contributed by atoms with Crippen molar-refractivity contribution in [1.29, 1.82) is 0 Å². The highest BCUT2D eigenvalue weighted by molar-refractivity contribution is 5.82. The molecule has 0 aliphatic heterocycles. The third-order valence-electron chi connectivity index (χ3n) is 4.25. The zero-order valence-corrected chi connectivity index (χ0v) is 14.3. The Bertz CT molecular complexity index is 534. The van der Waals surface area contributed by atoms with E-state index in [-0.39, 0.29) is 23.4 Å². The Kier molecular flexibility index (Phi) is 5.12. The van der Waals surface area contributed by atoms with Crippen LogP contribution in [0.5, 0.6) is 5.75 Å². The van der Waals surface area contributed by atoms with Crippen molar-refractivity contribution < 1.29 is 9.53 Å². The van der Waals surface area contributed by atoms with Crippen LogP contribution in [0.1, 0.15) is 50.8 Å². The van der Waals surface area contributed by atoms with Crippen LogP contribution in [0.15, 0.2) is 18.2 Å². The molecule has 0 aromatic heterocycles. The fourth-order valence-corrected chi connectivity index (χ4v) is 3.17. The SMILES string of the molecule is CNC(CC(C)(C)C)C(=O)NC1CCc2c(OC)cccc21. The fraction of sp³-hybridized carbons (Fsp3) is 0.611. The van der Waals surface area contributed by atoms with Gasteiger partial charge in [-0.3, -0.25) is 4.79 Å². The molecule has 2 atom stereocenters. The Morgan fingerprint density at radius 2 is 2.14 bits per heavy atom. The van der Waals surface area contributed by atoms with E-state index in [1.807, 2.05) is 19.2 Å². The van der Waals surface area contributed by atoms with Crippen LogP contribution < -0.4 is 15.4 Å². The molecule has 1 aliphatic carbocycles. The molecular formula is C18H28N2O2. The molecule has 2 N–H and O–H groups in total. The van der Waals surface area contributed by atoms with Crippen molar-refractivity contribution in [3.8, 4) is 5.75 Å². The van der Waals surface area contributed by atoms with Gasteiger partial charge in [0.25, 0.3) is 0 Å². The van der Waals surface area contributed by atoms with E-state index in [2.05, 4.69) is 37.5 Å². The van der Waals surface area contributed by atoms with Crippen molar-refractivity contribution in [2.75, 3.05) is 14.2 Å². The van der Waals surface area contributed by atoms with Crippen molar-refractivity contribution in [2.45, 2.75) is 52.1 Å². The van der Waals surface area contributed by atoms with Gasteiger partial charge < -0.3 is 15.4 Å². The zero-order valence-electron chi connectivity index (χ0n) is 14.3. The molecule has 1 aliphatic rings. The van der Waals surface area contributed by atoms with Gasteiger partial charge in [0.1, 0.15) is 5.75 Å². The molecule has 4 heteroatoms. The van der Waals surface area contributed by atoms with Crippen molar-refractivity contribution >= 4 is 5.91 Å². The number of likely N-dealkylation sites (N-methyl/N-ethyl adjacent to an activating group) is 1. The van der Waals surface area contributed by atoms with E-state index in [0.29, 0.717) is 0 Å². The average Bonchev–Trinajstić information content (AvgIpc) is 2.86. The maximum atomic E-state index is 12.6. The lowest BCUT2D eigenvalue weighted by molar-refractivity contribution is -0.124. The highest BCUT2D eigenvalue weighted by atomic mass is 16.5. The van der Waals surface area contributed by atoms with Gasteiger partial charge in [-0.1, -0.05) is 32.9 Å². The van der Waals surface area contributed by atoms with E-state index in [0.717, 1.165) is 25.0 Å². The molecule has 0 saturated heterocycles.